The van der Waals surface area contributed by atoms with Crippen LogP contribution in [0.4, 0.5) is 0 Å². The van der Waals surface area contributed by atoms with Gasteiger partial charge in [-0.3, -0.25) is 9.48 Å². The number of halogens is 1. The molecular formula is C15H27ClN4O. The van der Waals surface area contributed by atoms with Gasteiger partial charge in [-0.25, -0.2) is 0 Å². The van der Waals surface area contributed by atoms with Crippen LogP contribution in [0.15, 0.2) is 12.4 Å². The summed E-state index contributed by atoms with van der Waals surface area (Å²) >= 11 is 0. The van der Waals surface area contributed by atoms with Crippen LogP contribution in [0.1, 0.15) is 44.7 Å². The van der Waals surface area contributed by atoms with E-state index in [1.165, 1.54) is 19.3 Å². The predicted octanol–water partition coefficient (Wildman–Crippen LogP) is 2.04. The largest absolute Gasteiger partial charge is 0.354 e. The Morgan fingerprint density at radius 3 is 2.57 bits per heavy atom. The Morgan fingerprint density at radius 2 is 2.14 bits per heavy atom. The van der Waals surface area contributed by atoms with Gasteiger partial charge >= 0.3 is 0 Å². The molecule has 1 heterocycles. The molecule has 6 heteroatoms. The minimum absolute atomic E-state index is 0. The number of hydrogen-bond acceptors (Lipinski definition) is 3. The molecule has 120 valence electrons. The molecule has 1 atom stereocenters. The van der Waals surface area contributed by atoms with E-state index in [4.69, 9.17) is 0 Å². The van der Waals surface area contributed by atoms with Crippen molar-refractivity contribution in [3.63, 3.8) is 0 Å². The summed E-state index contributed by atoms with van der Waals surface area (Å²) in [5.41, 5.74) is 1.26. The average Bonchev–Trinajstić information content (AvgIpc) is 3.00. The molecule has 1 amide bonds. The predicted molar refractivity (Wildman–Crippen MR) is 86.4 cm³/mol. The lowest BCUT2D eigenvalue weighted by atomic mass is 9.94. The van der Waals surface area contributed by atoms with Crippen molar-refractivity contribution in [1.82, 2.24) is 20.4 Å². The van der Waals surface area contributed by atoms with Crippen molar-refractivity contribution in [2.45, 2.75) is 39.2 Å². The standard InChI is InChI=1S/C15H26N4O.ClH/c1-11(2)7-15(5-6-15)10-17-14(20)13(16-3)12-8-18-19(4)9-12;/h8-9,11,13,16H,5-7,10H2,1-4H3,(H,17,20);1H. The zero-order chi connectivity index (χ0) is 14.8. The molecule has 1 unspecified atom stereocenters. The van der Waals surface area contributed by atoms with Gasteiger partial charge in [-0.2, -0.15) is 5.10 Å². The van der Waals surface area contributed by atoms with E-state index in [2.05, 4.69) is 29.6 Å². The van der Waals surface area contributed by atoms with E-state index in [1.807, 2.05) is 13.2 Å². The number of nitrogens with one attached hydrogen (secondary N) is 2. The summed E-state index contributed by atoms with van der Waals surface area (Å²) < 4.78 is 1.72. The second kappa shape index (κ2) is 7.27. The molecule has 1 fully saturated rings. The third-order valence-corrected chi connectivity index (χ3v) is 4.05. The summed E-state index contributed by atoms with van der Waals surface area (Å²) in [7, 11) is 3.66. The van der Waals surface area contributed by atoms with Crippen molar-refractivity contribution in [1.29, 1.82) is 0 Å². The van der Waals surface area contributed by atoms with E-state index < -0.39 is 0 Å². The lowest BCUT2D eigenvalue weighted by molar-refractivity contribution is -0.123. The summed E-state index contributed by atoms with van der Waals surface area (Å²) in [4.78, 5) is 12.3. The second-order valence-corrected chi connectivity index (χ2v) is 6.48. The molecule has 21 heavy (non-hydrogen) atoms. The molecular weight excluding hydrogens is 288 g/mol. The number of aromatic nitrogens is 2. The SMILES string of the molecule is CNC(C(=O)NCC1(CC(C)C)CC1)c1cnn(C)c1.Cl. The number of carbonyl (C=O) groups excluding carboxylic acids is 1. The number of carbonyl (C=O) groups is 1. The number of likely N-dealkylation sites (N-methyl/N-ethyl adjacent to an activating group) is 1. The van der Waals surface area contributed by atoms with Gasteiger partial charge in [0.2, 0.25) is 5.91 Å². The maximum atomic E-state index is 12.3. The molecule has 0 spiro atoms. The molecule has 2 N–H and O–H groups in total. The molecule has 0 aromatic carbocycles. The zero-order valence-electron chi connectivity index (χ0n) is 13.3. The van der Waals surface area contributed by atoms with Crippen molar-refractivity contribution in [3.05, 3.63) is 18.0 Å². The number of nitrogens with zero attached hydrogens (tertiary/aromatic N) is 2. The fourth-order valence-corrected chi connectivity index (χ4v) is 2.91. The molecule has 0 aliphatic heterocycles. The first-order valence-corrected chi connectivity index (χ1v) is 7.39. The summed E-state index contributed by atoms with van der Waals surface area (Å²) in [5, 5.41) is 10.3. The highest BCUT2D eigenvalue weighted by Gasteiger charge is 2.43. The third kappa shape index (κ3) is 4.71. The van der Waals surface area contributed by atoms with E-state index >= 15 is 0 Å². The zero-order valence-corrected chi connectivity index (χ0v) is 14.2. The van der Waals surface area contributed by atoms with Crippen LogP contribution in [0.25, 0.3) is 0 Å². The fourth-order valence-electron chi connectivity index (χ4n) is 2.91. The lowest BCUT2D eigenvalue weighted by Crippen LogP contribution is -2.39. The molecule has 5 nitrogen and oxygen atoms in total. The summed E-state index contributed by atoms with van der Waals surface area (Å²) in [6.07, 6.45) is 7.29. The minimum atomic E-state index is -0.321. The van der Waals surface area contributed by atoms with Gasteiger partial charge in [-0.15, -0.1) is 12.4 Å². The highest BCUT2D eigenvalue weighted by atomic mass is 35.5. The van der Waals surface area contributed by atoms with E-state index in [9.17, 15) is 4.79 Å². The molecule has 1 aliphatic rings. The lowest BCUT2D eigenvalue weighted by Gasteiger charge is -2.20. The van der Waals surface area contributed by atoms with E-state index in [0.717, 1.165) is 12.1 Å². The Balaban J connectivity index is 0.00000220. The van der Waals surface area contributed by atoms with Crippen LogP contribution < -0.4 is 10.6 Å². The first-order chi connectivity index (χ1) is 9.46. The van der Waals surface area contributed by atoms with Crippen molar-refractivity contribution in [2.24, 2.45) is 18.4 Å². The fraction of sp³-hybridized carbons (Fsp3) is 0.733. The first-order valence-electron chi connectivity index (χ1n) is 7.39. The average molecular weight is 315 g/mol. The maximum absolute atomic E-state index is 12.3. The Bertz CT molecular complexity index is 468. The van der Waals surface area contributed by atoms with Crippen LogP contribution in [0.5, 0.6) is 0 Å². The van der Waals surface area contributed by atoms with Crippen molar-refractivity contribution in [3.8, 4) is 0 Å². The van der Waals surface area contributed by atoms with Gasteiger partial charge in [0.25, 0.3) is 0 Å². The van der Waals surface area contributed by atoms with Crippen LogP contribution >= 0.6 is 12.4 Å². The van der Waals surface area contributed by atoms with Gasteiger partial charge in [-0.05, 0) is 37.6 Å². The molecule has 0 saturated heterocycles. The summed E-state index contributed by atoms with van der Waals surface area (Å²) in [5.74, 6) is 0.725. The highest BCUT2D eigenvalue weighted by Crippen LogP contribution is 2.50. The van der Waals surface area contributed by atoms with Crippen molar-refractivity contribution >= 4 is 18.3 Å². The number of hydrogen-bond donors (Lipinski definition) is 2. The van der Waals surface area contributed by atoms with Crippen LogP contribution in [0, 0.1) is 11.3 Å². The van der Waals surface area contributed by atoms with Crippen LogP contribution in [0.3, 0.4) is 0 Å². The summed E-state index contributed by atoms with van der Waals surface area (Å²) in [6.45, 7) is 5.28. The van der Waals surface area contributed by atoms with Gasteiger partial charge in [0.1, 0.15) is 6.04 Å². The van der Waals surface area contributed by atoms with E-state index in [1.54, 1.807) is 17.9 Å². The Labute approximate surface area is 133 Å². The maximum Gasteiger partial charge on any atom is 0.241 e. The summed E-state index contributed by atoms with van der Waals surface area (Å²) in [6, 6.07) is -0.321. The molecule has 0 bridgehead atoms. The molecule has 1 aromatic heterocycles. The quantitative estimate of drug-likeness (QED) is 0.810. The Morgan fingerprint density at radius 1 is 1.48 bits per heavy atom. The highest BCUT2D eigenvalue weighted by molar-refractivity contribution is 5.85. The Kier molecular flexibility index (Phi) is 6.23. The van der Waals surface area contributed by atoms with Crippen LogP contribution in [-0.2, 0) is 11.8 Å². The normalized spacial score (nSPS) is 17.2. The van der Waals surface area contributed by atoms with Gasteiger partial charge in [0.15, 0.2) is 0 Å². The topological polar surface area (TPSA) is 59.0 Å². The monoisotopic (exact) mass is 314 g/mol. The first kappa shape index (κ1) is 18.0. The van der Waals surface area contributed by atoms with E-state index in [-0.39, 0.29) is 24.4 Å². The van der Waals surface area contributed by atoms with Gasteiger partial charge in [0, 0.05) is 25.4 Å². The number of rotatable bonds is 7. The van der Waals surface area contributed by atoms with E-state index in [0.29, 0.717) is 11.3 Å². The van der Waals surface area contributed by atoms with Crippen LogP contribution in [0.2, 0.25) is 0 Å². The molecule has 1 aromatic rings. The van der Waals surface area contributed by atoms with Crippen molar-refractivity contribution in [2.75, 3.05) is 13.6 Å². The van der Waals surface area contributed by atoms with Gasteiger partial charge in [0.05, 0.1) is 6.20 Å². The van der Waals surface area contributed by atoms with Crippen molar-refractivity contribution < 1.29 is 4.79 Å². The molecule has 1 saturated carbocycles. The molecule has 1 aliphatic carbocycles. The second-order valence-electron chi connectivity index (χ2n) is 6.48. The third-order valence-electron chi connectivity index (χ3n) is 4.05. The van der Waals surface area contributed by atoms with Crippen LogP contribution in [-0.4, -0.2) is 29.3 Å². The van der Waals surface area contributed by atoms with Gasteiger partial charge < -0.3 is 10.6 Å². The number of amides is 1. The minimum Gasteiger partial charge on any atom is -0.354 e. The molecule has 2 rings (SSSR count). The molecule has 0 radical (unpaired) electrons. The number of aryl methyl sites for hydroxylation is 1. The Hall–Kier alpha value is -1.07. The van der Waals surface area contributed by atoms with Gasteiger partial charge in [-0.1, -0.05) is 13.8 Å². The smallest absolute Gasteiger partial charge is 0.241 e.